The third-order valence-corrected chi connectivity index (χ3v) is 7.28. The Morgan fingerprint density at radius 2 is 2.00 bits per heavy atom. The molecule has 158 valence electrons. The van der Waals surface area contributed by atoms with Crippen LogP contribution in [0, 0.1) is 11.3 Å². The lowest BCUT2D eigenvalue weighted by molar-refractivity contribution is 0.393. The summed E-state index contributed by atoms with van der Waals surface area (Å²) in [6.45, 7) is 0.791. The Labute approximate surface area is 185 Å². The van der Waals surface area contributed by atoms with Crippen molar-refractivity contribution < 1.29 is 0 Å². The molecule has 8 nitrogen and oxygen atoms in total. The van der Waals surface area contributed by atoms with Crippen LogP contribution in [-0.2, 0) is 6.42 Å². The van der Waals surface area contributed by atoms with Crippen molar-refractivity contribution in [3.63, 3.8) is 0 Å². The fraction of sp³-hybridized carbons (Fsp3) is 0.409. The molecule has 0 spiro atoms. The lowest BCUT2D eigenvalue weighted by Gasteiger charge is -2.23. The van der Waals surface area contributed by atoms with E-state index in [0.29, 0.717) is 17.5 Å². The lowest BCUT2D eigenvalue weighted by Crippen LogP contribution is -2.25. The first kappa shape index (κ1) is 19.8. The van der Waals surface area contributed by atoms with E-state index < -0.39 is 0 Å². The smallest absolute Gasteiger partial charge is 0.151 e. The van der Waals surface area contributed by atoms with Gasteiger partial charge in [-0.3, -0.25) is 0 Å². The molecule has 1 aliphatic heterocycles. The molecule has 1 aliphatic carbocycles. The standard InChI is InChI=1S/C22H24N8S/c1-25-18-9-19(30-7-6-15-8-13(10-23)11-27-20(15)30)26-12-17(18)22-29-28-21(31-22)14-2-4-16(24)5-3-14/h8-9,11-12,14,16H,2-7,24H2,1H3,(H,25,26)/t14-,16-. The molecule has 4 heterocycles. The minimum Gasteiger partial charge on any atom is -0.387 e. The van der Waals surface area contributed by atoms with Gasteiger partial charge in [-0.2, -0.15) is 5.26 Å². The second kappa shape index (κ2) is 8.21. The summed E-state index contributed by atoms with van der Waals surface area (Å²) >= 11 is 1.65. The summed E-state index contributed by atoms with van der Waals surface area (Å²) < 4.78 is 0. The van der Waals surface area contributed by atoms with Gasteiger partial charge in [-0.15, -0.1) is 10.2 Å². The number of nitrogens with one attached hydrogen (secondary N) is 1. The molecule has 1 saturated carbocycles. The minimum atomic E-state index is 0.327. The van der Waals surface area contributed by atoms with Crippen LogP contribution in [0.25, 0.3) is 10.6 Å². The van der Waals surface area contributed by atoms with Gasteiger partial charge in [-0.1, -0.05) is 11.3 Å². The molecular weight excluding hydrogens is 408 g/mol. The molecule has 0 atom stereocenters. The van der Waals surface area contributed by atoms with E-state index in [1.54, 1.807) is 17.5 Å². The van der Waals surface area contributed by atoms with Crippen molar-refractivity contribution in [1.82, 2.24) is 20.2 Å². The van der Waals surface area contributed by atoms with Gasteiger partial charge < -0.3 is 16.0 Å². The van der Waals surface area contributed by atoms with Gasteiger partial charge in [-0.05, 0) is 43.7 Å². The van der Waals surface area contributed by atoms with Gasteiger partial charge >= 0.3 is 0 Å². The molecule has 9 heteroatoms. The van der Waals surface area contributed by atoms with Crippen molar-refractivity contribution in [3.05, 3.63) is 40.7 Å². The summed E-state index contributed by atoms with van der Waals surface area (Å²) in [4.78, 5) is 11.3. The van der Waals surface area contributed by atoms with Gasteiger partial charge in [0.25, 0.3) is 0 Å². The first-order valence-electron chi connectivity index (χ1n) is 10.6. The van der Waals surface area contributed by atoms with Gasteiger partial charge in [0.05, 0.1) is 11.1 Å². The number of pyridine rings is 2. The second-order valence-electron chi connectivity index (χ2n) is 8.12. The third-order valence-electron chi connectivity index (χ3n) is 6.16. The highest BCUT2D eigenvalue weighted by Gasteiger charge is 2.26. The van der Waals surface area contributed by atoms with E-state index in [0.717, 1.165) is 77.1 Å². The summed E-state index contributed by atoms with van der Waals surface area (Å²) in [6, 6.07) is 6.43. The van der Waals surface area contributed by atoms with E-state index in [9.17, 15) is 0 Å². The first-order chi connectivity index (χ1) is 15.2. The number of anilines is 3. The number of fused-ring (bicyclic) bond motifs is 1. The average Bonchev–Trinajstić information content (AvgIpc) is 3.46. The molecular formula is C22H24N8S. The van der Waals surface area contributed by atoms with Crippen molar-refractivity contribution in [2.45, 2.75) is 44.1 Å². The van der Waals surface area contributed by atoms with Crippen LogP contribution in [0.1, 0.15) is 47.7 Å². The average molecular weight is 433 g/mol. The molecule has 5 rings (SSSR count). The molecule has 3 aromatic rings. The number of nitriles is 1. The van der Waals surface area contributed by atoms with Crippen LogP contribution in [-0.4, -0.2) is 39.8 Å². The van der Waals surface area contributed by atoms with Crippen molar-refractivity contribution >= 4 is 28.7 Å². The highest BCUT2D eigenvalue weighted by atomic mass is 32.1. The fourth-order valence-corrected chi connectivity index (χ4v) is 5.43. The Balaban J connectivity index is 1.42. The monoisotopic (exact) mass is 432 g/mol. The number of nitrogens with zero attached hydrogens (tertiary/aromatic N) is 6. The van der Waals surface area contributed by atoms with E-state index in [1.807, 2.05) is 25.4 Å². The summed E-state index contributed by atoms with van der Waals surface area (Å²) in [5.41, 5.74) is 9.63. The number of hydrogen-bond acceptors (Lipinski definition) is 9. The molecule has 2 aliphatic rings. The van der Waals surface area contributed by atoms with Crippen LogP contribution in [0.2, 0.25) is 0 Å². The van der Waals surface area contributed by atoms with Crippen LogP contribution in [0.3, 0.4) is 0 Å². The highest BCUT2D eigenvalue weighted by molar-refractivity contribution is 7.14. The van der Waals surface area contributed by atoms with Crippen molar-refractivity contribution in [3.8, 4) is 16.6 Å². The fourth-order valence-electron chi connectivity index (χ4n) is 4.40. The predicted octanol–water partition coefficient (Wildman–Crippen LogP) is 3.59. The maximum atomic E-state index is 9.12. The van der Waals surface area contributed by atoms with Crippen LogP contribution in [0.5, 0.6) is 0 Å². The Hall–Kier alpha value is -3.09. The SMILES string of the molecule is CNc1cc(N2CCc3cc(C#N)cnc32)ncc1-c1nnc([C@H]2CC[C@H](N)CC2)s1. The maximum absolute atomic E-state index is 9.12. The van der Waals surface area contributed by atoms with Gasteiger partial charge in [0, 0.05) is 49.7 Å². The molecule has 0 unspecified atom stereocenters. The summed E-state index contributed by atoms with van der Waals surface area (Å²) in [6.07, 6.45) is 8.61. The summed E-state index contributed by atoms with van der Waals surface area (Å²) in [5.74, 6) is 2.16. The Kier molecular flexibility index (Phi) is 5.26. The number of rotatable bonds is 4. The Morgan fingerprint density at radius 3 is 2.77 bits per heavy atom. The molecule has 0 bridgehead atoms. The number of aromatic nitrogens is 4. The number of nitrogens with two attached hydrogens (primary N) is 1. The highest BCUT2D eigenvalue weighted by Crippen LogP contribution is 2.39. The molecule has 0 radical (unpaired) electrons. The van der Waals surface area contributed by atoms with Crippen LogP contribution < -0.4 is 16.0 Å². The van der Waals surface area contributed by atoms with Gasteiger partial charge in [-0.25, -0.2) is 9.97 Å². The van der Waals surface area contributed by atoms with Gasteiger partial charge in [0.15, 0.2) is 5.01 Å². The zero-order valence-corrected chi connectivity index (χ0v) is 18.2. The predicted molar refractivity (Wildman–Crippen MR) is 122 cm³/mol. The zero-order chi connectivity index (χ0) is 21.4. The molecule has 3 aromatic heterocycles. The normalized spacial score (nSPS) is 20.4. The zero-order valence-electron chi connectivity index (χ0n) is 17.4. The molecule has 0 amide bonds. The van der Waals surface area contributed by atoms with Crippen LogP contribution in [0.15, 0.2) is 24.5 Å². The third kappa shape index (κ3) is 3.73. The van der Waals surface area contributed by atoms with E-state index in [-0.39, 0.29) is 0 Å². The summed E-state index contributed by atoms with van der Waals surface area (Å²) in [7, 11) is 1.91. The number of hydrogen-bond donors (Lipinski definition) is 2. The van der Waals surface area contributed by atoms with Crippen molar-refractivity contribution in [1.29, 1.82) is 5.26 Å². The van der Waals surface area contributed by atoms with E-state index >= 15 is 0 Å². The van der Waals surface area contributed by atoms with Crippen LogP contribution in [0.4, 0.5) is 17.3 Å². The largest absolute Gasteiger partial charge is 0.387 e. The molecule has 3 N–H and O–H groups in total. The van der Waals surface area contributed by atoms with Gasteiger partial charge in [0.1, 0.15) is 22.7 Å². The van der Waals surface area contributed by atoms with E-state index in [1.165, 1.54) is 0 Å². The Morgan fingerprint density at radius 1 is 1.16 bits per heavy atom. The molecule has 31 heavy (non-hydrogen) atoms. The summed E-state index contributed by atoms with van der Waals surface area (Å²) in [5, 5.41) is 23.3. The Bertz CT molecular complexity index is 1140. The van der Waals surface area contributed by atoms with Crippen molar-refractivity contribution in [2.24, 2.45) is 5.73 Å². The van der Waals surface area contributed by atoms with Crippen molar-refractivity contribution in [2.75, 3.05) is 23.8 Å². The molecule has 0 aromatic carbocycles. The van der Waals surface area contributed by atoms with Gasteiger partial charge in [0.2, 0.25) is 0 Å². The maximum Gasteiger partial charge on any atom is 0.151 e. The molecule has 0 saturated heterocycles. The second-order valence-corrected chi connectivity index (χ2v) is 9.12. The van der Waals surface area contributed by atoms with Crippen LogP contribution >= 0.6 is 11.3 Å². The minimum absolute atomic E-state index is 0.327. The van der Waals surface area contributed by atoms with E-state index in [2.05, 4.69) is 31.5 Å². The quantitative estimate of drug-likeness (QED) is 0.642. The lowest BCUT2D eigenvalue weighted by atomic mass is 9.87. The topological polar surface area (TPSA) is 117 Å². The van der Waals surface area contributed by atoms with E-state index in [4.69, 9.17) is 16.0 Å². The molecule has 1 fully saturated rings. The first-order valence-corrected chi connectivity index (χ1v) is 11.4.